The summed E-state index contributed by atoms with van der Waals surface area (Å²) in [5.74, 6) is 2.30. The molecule has 1 fully saturated rings. The van der Waals surface area contributed by atoms with E-state index in [2.05, 4.69) is 30.2 Å². The molecule has 0 atom stereocenters. The van der Waals surface area contributed by atoms with Crippen LogP contribution in [0.15, 0.2) is 12.4 Å². The van der Waals surface area contributed by atoms with E-state index in [0.29, 0.717) is 18.4 Å². The zero-order chi connectivity index (χ0) is 14.7. The van der Waals surface area contributed by atoms with E-state index in [4.69, 9.17) is 5.73 Å². The van der Waals surface area contributed by atoms with Crippen molar-refractivity contribution in [1.82, 2.24) is 24.5 Å². The highest BCUT2D eigenvalue weighted by Gasteiger charge is 2.15. The molecule has 3 heterocycles. The molecule has 0 aliphatic carbocycles. The van der Waals surface area contributed by atoms with Gasteiger partial charge in [-0.25, -0.2) is 4.98 Å². The molecule has 0 aromatic carbocycles. The summed E-state index contributed by atoms with van der Waals surface area (Å²) in [6.45, 7) is 2.50. The van der Waals surface area contributed by atoms with Crippen molar-refractivity contribution in [3.8, 4) is 0 Å². The molecule has 1 aliphatic rings. The van der Waals surface area contributed by atoms with Crippen LogP contribution in [0.25, 0.3) is 0 Å². The SMILES string of the molecule is Cn1ccnc1CNc1nc(N)nc(N2CCCCC2)n1. The van der Waals surface area contributed by atoms with E-state index in [1.807, 2.05) is 17.8 Å². The number of anilines is 3. The third-order valence-corrected chi connectivity index (χ3v) is 3.61. The first-order valence-corrected chi connectivity index (χ1v) is 7.19. The lowest BCUT2D eigenvalue weighted by atomic mass is 10.1. The molecule has 0 bridgehead atoms. The van der Waals surface area contributed by atoms with Crippen molar-refractivity contribution in [1.29, 1.82) is 0 Å². The lowest BCUT2D eigenvalue weighted by Crippen LogP contribution is -2.31. The van der Waals surface area contributed by atoms with Crippen molar-refractivity contribution in [2.75, 3.05) is 29.0 Å². The quantitative estimate of drug-likeness (QED) is 0.858. The Morgan fingerprint density at radius 3 is 2.71 bits per heavy atom. The molecule has 0 radical (unpaired) electrons. The van der Waals surface area contributed by atoms with Crippen molar-refractivity contribution in [3.05, 3.63) is 18.2 Å². The Labute approximate surface area is 123 Å². The van der Waals surface area contributed by atoms with Crippen molar-refractivity contribution in [3.63, 3.8) is 0 Å². The fourth-order valence-electron chi connectivity index (χ4n) is 2.42. The second kappa shape index (κ2) is 5.94. The fourth-order valence-corrected chi connectivity index (χ4v) is 2.42. The van der Waals surface area contributed by atoms with Gasteiger partial charge in [0.2, 0.25) is 17.8 Å². The second-order valence-corrected chi connectivity index (χ2v) is 5.17. The van der Waals surface area contributed by atoms with Gasteiger partial charge in [0.15, 0.2) is 0 Å². The number of aryl methyl sites for hydroxylation is 1. The van der Waals surface area contributed by atoms with Crippen LogP contribution in [0.3, 0.4) is 0 Å². The van der Waals surface area contributed by atoms with Gasteiger partial charge >= 0.3 is 0 Å². The lowest BCUT2D eigenvalue weighted by Gasteiger charge is -2.26. The molecule has 112 valence electrons. The van der Waals surface area contributed by atoms with Crippen LogP contribution >= 0.6 is 0 Å². The van der Waals surface area contributed by atoms with E-state index in [9.17, 15) is 0 Å². The predicted octanol–water partition coefficient (Wildman–Crippen LogP) is 0.790. The molecule has 3 N–H and O–H groups in total. The molecular formula is C13H20N8. The number of aromatic nitrogens is 5. The Kier molecular flexibility index (Phi) is 3.85. The normalized spacial score (nSPS) is 15.2. The van der Waals surface area contributed by atoms with Gasteiger partial charge in [0, 0.05) is 32.5 Å². The largest absolute Gasteiger partial charge is 0.368 e. The number of nitrogens with zero attached hydrogens (tertiary/aromatic N) is 6. The second-order valence-electron chi connectivity index (χ2n) is 5.17. The summed E-state index contributed by atoms with van der Waals surface area (Å²) in [6, 6.07) is 0. The van der Waals surface area contributed by atoms with Crippen LogP contribution in [0.2, 0.25) is 0 Å². The van der Waals surface area contributed by atoms with Gasteiger partial charge in [0.05, 0.1) is 6.54 Å². The number of rotatable bonds is 4. The zero-order valence-corrected chi connectivity index (χ0v) is 12.2. The van der Waals surface area contributed by atoms with Gasteiger partial charge in [-0.2, -0.15) is 15.0 Å². The average molecular weight is 288 g/mol. The van der Waals surface area contributed by atoms with E-state index in [0.717, 1.165) is 18.9 Å². The van der Waals surface area contributed by atoms with Crippen LogP contribution in [0, 0.1) is 0 Å². The molecule has 21 heavy (non-hydrogen) atoms. The first kappa shape index (κ1) is 13.6. The molecule has 0 spiro atoms. The summed E-state index contributed by atoms with van der Waals surface area (Å²) < 4.78 is 1.95. The topological polar surface area (TPSA) is 97.8 Å². The third kappa shape index (κ3) is 3.21. The summed E-state index contributed by atoms with van der Waals surface area (Å²) >= 11 is 0. The van der Waals surface area contributed by atoms with Crippen molar-refractivity contribution in [2.24, 2.45) is 7.05 Å². The third-order valence-electron chi connectivity index (χ3n) is 3.61. The molecule has 2 aromatic rings. The number of nitrogens with two attached hydrogens (primary N) is 1. The highest BCUT2D eigenvalue weighted by atomic mass is 15.3. The van der Waals surface area contributed by atoms with E-state index in [1.165, 1.54) is 19.3 Å². The molecule has 1 aliphatic heterocycles. The van der Waals surface area contributed by atoms with Crippen molar-refractivity contribution < 1.29 is 0 Å². The van der Waals surface area contributed by atoms with Gasteiger partial charge in [-0.05, 0) is 19.3 Å². The molecule has 2 aromatic heterocycles. The van der Waals surface area contributed by atoms with E-state index < -0.39 is 0 Å². The number of imidazole rings is 1. The molecule has 1 saturated heterocycles. The molecule has 0 unspecified atom stereocenters. The van der Waals surface area contributed by atoms with Crippen LogP contribution in [0.1, 0.15) is 25.1 Å². The van der Waals surface area contributed by atoms with Gasteiger partial charge in [-0.15, -0.1) is 0 Å². The maximum absolute atomic E-state index is 5.80. The number of hydrogen-bond acceptors (Lipinski definition) is 7. The molecule has 8 nitrogen and oxygen atoms in total. The highest BCUT2D eigenvalue weighted by Crippen LogP contribution is 2.17. The Morgan fingerprint density at radius 1 is 1.19 bits per heavy atom. The Morgan fingerprint density at radius 2 is 2.00 bits per heavy atom. The lowest BCUT2D eigenvalue weighted by molar-refractivity contribution is 0.568. The summed E-state index contributed by atoms with van der Waals surface area (Å²) in [6.07, 6.45) is 7.26. The first-order chi connectivity index (χ1) is 10.2. The van der Waals surface area contributed by atoms with Crippen LogP contribution in [0.4, 0.5) is 17.8 Å². The van der Waals surface area contributed by atoms with Gasteiger partial charge in [-0.3, -0.25) is 0 Å². The van der Waals surface area contributed by atoms with Gasteiger partial charge in [-0.1, -0.05) is 0 Å². The van der Waals surface area contributed by atoms with Crippen molar-refractivity contribution >= 4 is 17.8 Å². The smallest absolute Gasteiger partial charge is 0.231 e. The van der Waals surface area contributed by atoms with Gasteiger partial charge in [0.25, 0.3) is 0 Å². The molecule has 3 rings (SSSR count). The van der Waals surface area contributed by atoms with Crippen LogP contribution in [-0.4, -0.2) is 37.6 Å². The molecule has 8 heteroatoms. The number of hydrogen-bond donors (Lipinski definition) is 2. The maximum atomic E-state index is 5.80. The summed E-state index contributed by atoms with van der Waals surface area (Å²) in [4.78, 5) is 19.3. The molecule has 0 saturated carbocycles. The van der Waals surface area contributed by atoms with E-state index >= 15 is 0 Å². The minimum atomic E-state index is 0.243. The first-order valence-electron chi connectivity index (χ1n) is 7.19. The number of nitrogens with one attached hydrogen (secondary N) is 1. The Balaban J connectivity index is 1.73. The number of nitrogen functional groups attached to an aromatic ring is 1. The van der Waals surface area contributed by atoms with Crippen LogP contribution in [-0.2, 0) is 13.6 Å². The summed E-state index contributed by atoms with van der Waals surface area (Å²) in [5, 5.41) is 3.16. The Hall–Kier alpha value is -2.38. The summed E-state index contributed by atoms with van der Waals surface area (Å²) in [5.41, 5.74) is 5.80. The van der Waals surface area contributed by atoms with Gasteiger partial charge < -0.3 is 20.5 Å². The van der Waals surface area contributed by atoms with Crippen LogP contribution < -0.4 is 16.0 Å². The molecular weight excluding hydrogens is 268 g/mol. The predicted molar refractivity (Wildman–Crippen MR) is 80.8 cm³/mol. The average Bonchev–Trinajstić information content (AvgIpc) is 2.91. The Bertz CT molecular complexity index is 602. The monoisotopic (exact) mass is 288 g/mol. The standard InChI is InChI=1S/C13H20N8/c1-20-8-5-15-10(20)9-16-12-17-11(14)18-13(19-12)21-6-3-2-4-7-21/h5,8H,2-4,6-7,9H2,1H3,(H3,14,16,17,18,19). The zero-order valence-electron chi connectivity index (χ0n) is 12.2. The minimum absolute atomic E-state index is 0.243. The van der Waals surface area contributed by atoms with Crippen LogP contribution in [0.5, 0.6) is 0 Å². The molecule has 0 amide bonds. The highest BCUT2D eigenvalue weighted by molar-refractivity contribution is 5.42. The fraction of sp³-hybridized carbons (Fsp3) is 0.538. The number of piperidine rings is 1. The van der Waals surface area contributed by atoms with E-state index in [1.54, 1.807) is 6.20 Å². The van der Waals surface area contributed by atoms with Crippen molar-refractivity contribution in [2.45, 2.75) is 25.8 Å². The minimum Gasteiger partial charge on any atom is -0.368 e. The maximum Gasteiger partial charge on any atom is 0.231 e. The summed E-state index contributed by atoms with van der Waals surface area (Å²) in [7, 11) is 1.95. The van der Waals surface area contributed by atoms with Gasteiger partial charge in [0.1, 0.15) is 5.82 Å². The van der Waals surface area contributed by atoms with E-state index in [-0.39, 0.29) is 5.95 Å².